The van der Waals surface area contributed by atoms with Gasteiger partial charge in [-0.3, -0.25) is 9.69 Å². The number of esters is 1. The molecule has 1 N–H and O–H groups in total. The Hall–Kier alpha value is -2.57. The Morgan fingerprint density at radius 3 is 2.43 bits per heavy atom. The standard InChI is InChI=1S/C22H29N3O3/c1-24(19-6-3-2-4-7-19)14-5-17-27-20-8-10-21(11-9-20)28-22(26)18-25-15-12-23-13-16-25/h2-4,6-11,23H,5,12-18H2,1H3. The molecule has 0 atom stereocenters. The maximum Gasteiger partial charge on any atom is 0.325 e. The minimum atomic E-state index is -0.223. The molecule has 0 amide bonds. The fraction of sp³-hybridized carbons (Fsp3) is 0.409. The molecule has 2 aromatic carbocycles. The predicted molar refractivity (Wildman–Crippen MR) is 111 cm³/mol. The smallest absolute Gasteiger partial charge is 0.325 e. The Morgan fingerprint density at radius 1 is 1.04 bits per heavy atom. The van der Waals surface area contributed by atoms with E-state index in [1.54, 1.807) is 12.1 Å². The molecule has 0 spiro atoms. The summed E-state index contributed by atoms with van der Waals surface area (Å²) in [7, 11) is 2.08. The van der Waals surface area contributed by atoms with Gasteiger partial charge in [0.1, 0.15) is 11.5 Å². The van der Waals surface area contributed by atoms with Crippen LogP contribution in [-0.4, -0.2) is 63.8 Å². The van der Waals surface area contributed by atoms with Crippen molar-refractivity contribution < 1.29 is 14.3 Å². The van der Waals surface area contributed by atoms with Crippen molar-refractivity contribution in [1.29, 1.82) is 0 Å². The van der Waals surface area contributed by atoms with Crippen molar-refractivity contribution in [2.75, 3.05) is 57.8 Å². The van der Waals surface area contributed by atoms with Crippen LogP contribution in [0.15, 0.2) is 54.6 Å². The predicted octanol–water partition coefficient (Wildman–Crippen LogP) is 2.40. The number of nitrogens with zero attached hydrogens (tertiary/aromatic N) is 2. The third kappa shape index (κ3) is 6.55. The van der Waals surface area contributed by atoms with Crippen LogP contribution in [0, 0.1) is 0 Å². The van der Waals surface area contributed by atoms with Gasteiger partial charge in [0.25, 0.3) is 0 Å². The molecule has 0 aromatic heterocycles. The molecule has 0 bridgehead atoms. The minimum absolute atomic E-state index is 0.223. The quantitative estimate of drug-likeness (QED) is 0.408. The van der Waals surface area contributed by atoms with E-state index >= 15 is 0 Å². The van der Waals surface area contributed by atoms with Gasteiger partial charge in [0, 0.05) is 45.5 Å². The molecule has 0 unspecified atom stereocenters. The van der Waals surface area contributed by atoms with Crippen LogP contribution in [0.2, 0.25) is 0 Å². The van der Waals surface area contributed by atoms with Gasteiger partial charge in [-0.1, -0.05) is 18.2 Å². The lowest BCUT2D eigenvalue weighted by atomic mass is 10.3. The van der Waals surface area contributed by atoms with Crippen LogP contribution >= 0.6 is 0 Å². The number of hydrogen-bond acceptors (Lipinski definition) is 6. The molecule has 1 aliphatic heterocycles. The van der Waals surface area contributed by atoms with Crippen LogP contribution in [-0.2, 0) is 4.79 Å². The van der Waals surface area contributed by atoms with E-state index < -0.39 is 0 Å². The molecule has 2 aromatic rings. The summed E-state index contributed by atoms with van der Waals surface area (Å²) in [6.45, 7) is 5.48. The molecule has 1 heterocycles. The van der Waals surface area contributed by atoms with E-state index in [9.17, 15) is 4.79 Å². The van der Waals surface area contributed by atoms with Gasteiger partial charge in [-0.05, 0) is 42.8 Å². The van der Waals surface area contributed by atoms with Gasteiger partial charge in [0.05, 0.1) is 13.2 Å². The molecule has 0 radical (unpaired) electrons. The number of benzene rings is 2. The van der Waals surface area contributed by atoms with Gasteiger partial charge < -0.3 is 19.7 Å². The van der Waals surface area contributed by atoms with Gasteiger partial charge in [-0.15, -0.1) is 0 Å². The molecule has 1 aliphatic rings. The highest BCUT2D eigenvalue weighted by atomic mass is 16.5. The molecule has 6 nitrogen and oxygen atoms in total. The van der Waals surface area contributed by atoms with E-state index in [0.717, 1.165) is 44.9 Å². The Labute approximate surface area is 167 Å². The summed E-state index contributed by atoms with van der Waals surface area (Å²) in [5, 5.41) is 3.27. The minimum Gasteiger partial charge on any atom is -0.494 e. The average molecular weight is 383 g/mol. The lowest BCUT2D eigenvalue weighted by Gasteiger charge is -2.25. The summed E-state index contributed by atoms with van der Waals surface area (Å²) in [6.07, 6.45) is 0.923. The first-order valence-corrected chi connectivity index (χ1v) is 9.83. The van der Waals surface area contributed by atoms with Crippen LogP contribution in [0.3, 0.4) is 0 Å². The van der Waals surface area contributed by atoms with Crippen molar-refractivity contribution in [2.45, 2.75) is 6.42 Å². The summed E-state index contributed by atoms with van der Waals surface area (Å²) >= 11 is 0. The highest BCUT2D eigenvalue weighted by Crippen LogP contribution is 2.18. The van der Waals surface area contributed by atoms with Crippen LogP contribution in [0.5, 0.6) is 11.5 Å². The van der Waals surface area contributed by atoms with Crippen LogP contribution < -0.4 is 19.7 Å². The zero-order chi connectivity index (χ0) is 19.6. The molecule has 6 heteroatoms. The molecule has 1 saturated heterocycles. The van der Waals surface area contributed by atoms with Gasteiger partial charge in [-0.25, -0.2) is 0 Å². The van der Waals surface area contributed by atoms with Crippen molar-refractivity contribution >= 4 is 11.7 Å². The Morgan fingerprint density at radius 2 is 1.71 bits per heavy atom. The van der Waals surface area contributed by atoms with Crippen LogP contribution in [0.4, 0.5) is 5.69 Å². The maximum atomic E-state index is 12.0. The average Bonchev–Trinajstić information content (AvgIpc) is 2.73. The molecule has 28 heavy (non-hydrogen) atoms. The number of ether oxygens (including phenoxy) is 2. The summed E-state index contributed by atoms with van der Waals surface area (Å²) in [6, 6.07) is 17.5. The molecular formula is C22H29N3O3. The molecule has 150 valence electrons. The summed E-state index contributed by atoms with van der Waals surface area (Å²) < 4.78 is 11.2. The number of nitrogens with one attached hydrogen (secondary N) is 1. The van der Waals surface area contributed by atoms with E-state index in [1.165, 1.54) is 5.69 Å². The van der Waals surface area contributed by atoms with E-state index in [0.29, 0.717) is 18.9 Å². The Balaban J connectivity index is 1.35. The topological polar surface area (TPSA) is 54.0 Å². The monoisotopic (exact) mass is 383 g/mol. The number of piperazine rings is 1. The second-order valence-corrected chi connectivity index (χ2v) is 6.93. The lowest BCUT2D eigenvalue weighted by molar-refractivity contribution is -0.135. The van der Waals surface area contributed by atoms with Gasteiger partial charge in [0.2, 0.25) is 0 Å². The summed E-state index contributed by atoms with van der Waals surface area (Å²) in [5.74, 6) is 1.11. The second kappa shape index (κ2) is 10.7. The van der Waals surface area contributed by atoms with Crippen molar-refractivity contribution in [1.82, 2.24) is 10.2 Å². The highest BCUT2D eigenvalue weighted by molar-refractivity contribution is 5.74. The van der Waals surface area contributed by atoms with Crippen molar-refractivity contribution in [3.05, 3.63) is 54.6 Å². The molecular weight excluding hydrogens is 354 g/mol. The van der Waals surface area contributed by atoms with E-state index in [-0.39, 0.29) is 5.97 Å². The number of carbonyl (C=O) groups is 1. The number of hydrogen-bond donors (Lipinski definition) is 1. The molecule has 0 aliphatic carbocycles. The first-order chi connectivity index (χ1) is 13.7. The Bertz CT molecular complexity index is 716. The van der Waals surface area contributed by atoms with Crippen LogP contribution in [0.1, 0.15) is 6.42 Å². The Kier molecular flexibility index (Phi) is 7.70. The zero-order valence-corrected chi connectivity index (χ0v) is 16.5. The van der Waals surface area contributed by atoms with Gasteiger partial charge in [-0.2, -0.15) is 0 Å². The second-order valence-electron chi connectivity index (χ2n) is 6.93. The third-order valence-corrected chi connectivity index (χ3v) is 4.72. The summed E-state index contributed by atoms with van der Waals surface area (Å²) in [5.41, 5.74) is 1.20. The van der Waals surface area contributed by atoms with Crippen molar-refractivity contribution in [3.8, 4) is 11.5 Å². The molecule has 3 rings (SSSR count). The lowest BCUT2D eigenvalue weighted by Crippen LogP contribution is -2.46. The number of rotatable bonds is 9. The SMILES string of the molecule is CN(CCCOc1ccc(OC(=O)CN2CCNCC2)cc1)c1ccccc1. The van der Waals surface area contributed by atoms with Crippen molar-refractivity contribution in [2.24, 2.45) is 0 Å². The van der Waals surface area contributed by atoms with Crippen molar-refractivity contribution in [3.63, 3.8) is 0 Å². The maximum absolute atomic E-state index is 12.0. The largest absolute Gasteiger partial charge is 0.494 e. The fourth-order valence-electron chi connectivity index (χ4n) is 3.12. The van der Waals surface area contributed by atoms with E-state index in [4.69, 9.17) is 9.47 Å². The van der Waals surface area contributed by atoms with E-state index in [2.05, 4.69) is 34.3 Å². The normalized spacial score (nSPS) is 14.5. The number of anilines is 1. The summed E-state index contributed by atoms with van der Waals surface area (Å²) in [4.78, 5) is 16.3. The highest BCUT2D eigenvalue weighted by Gasteiger charge is 2.14. The van der Waals surface area contributed by atoms with Crippen LogP contribution in [0.25, 0.3) is 0 Å². The third-order valence-electron chi connectivity index (χ3n) is 4.72. The van der Waals surface area contributed by atoms with E-state index in [1.807, 2.05) is 30.3 Å². The van der Waals surface area contributed by atoms with Gasteiger partial charge >= 0.3 is 5.97 Å². The molecule has 0 saturated carbocycles. The first-order valence-electron chi connectivity index (χ1n) is 9.83. The fourth-order valence-corrected chi connectivity index (χ4v) is 3.12. The zero-order valence-electron chi connectivity index (χ0n) is 16.5. The van der Waals surface area contributed by atoms with Gasteiger partial charge in [0.15, 0.2) is 0 Å². The number of carbonyl (C=O) groups excluding carboxylic acids is 1. The number of para-hydroxylation sites is 1. The first kappa shape index (κ1) is 20.2. The molecule has 1 fully saturated rings.